The van der Waals surface area contributed by atoms with Gasteiger partial charge in [-0.3, -0.25) is 4.98 Å². The van der Waals surface area contributed by atoms with Gasteiger partial charge in [-0.1, -0.05) is 5.16 Å². The number of rotatable bonds is 4. The molecule has 0 atom stereocenters. The molecule has 111 valence electrons. The Kier molecular flexibility index (Phi) is 4.20. The number of anilines is 1. The molecule has 0 spiro atoms. The predicted molar refractivity (Wildman–Crippen MR) is 82.2 cm³/mol. The molecule has 0 aliphatic carbocycles. The van der Waals surface area contributed by atoms with Gasteiger partial charge in [-0.25, -0.2) is 0 Å². The summed E-state index contributed by atoms with van der Waals surface area (Å²) in [5.41, 5.74) is 2.97. The normalized spacial score (nSPS) is 16.3. The SMILES string of the molecule is CC(C)Nc1c[c]ncc1-c1cc(C2CCNCC2)no1. The van der Waals surface area contributed by atoms with E-state index < -0.39 is 0 Å². The Hall–Kier alpha value is -1.88. The van der Waals surface area contributed by atoms with Crippen LogP contribution in [-0.4, -0.2) is 29.3 Å². The molecule has 1 radical (unpaired) electrons. The highest BCUT2D eigenvalue weighted by Crippen LogP contribution is 2.32. The number of aromatic nitrogens is 2. The summed E-state index contributed by atoms with van der Waals surface area (Å²) in [6, 6.07) is 4.24. The standard InChI is InChI=1S/C16H21N4O/c1-11(2)19-14-5-8-18-10-13(14)16-9-15(20-21-16)12-3-6-17-7-4-12/h5,9-12,17H,3-4,6-7H2,1-2H3,(H,18,19). The van der Waals surface area contributed by atoms with Gasteiger partial charge >= 0.3 is 0 Å². The van der Waals surface area contributed by atoms with E-state index in [0.717, 1.165) is 48.6 Å². The molecule has 1 fully saturated rings. The van der Waals surface area contributed by atoms with Gasteiger partial charge in [-0.05, 0) is 45.8 Å². The van der Waals surface area contributed by atoms with E-state index in [9.17, 15) is 0 Å². The molecular formula is C16H21N4O. The molecule has 2 aromatic rings. The van der Waals surface area contributed by atoms with E-state index in [-0.39, 0.29) is 0 Å². The van der Waals surface area contributed by atoms with Crippen molar-refractivity contribution < 1.29 is 4.52 Å². The van der Waals surface area contributed by atoms with Crippen LogP contribution in [0.2, 0.25) is 0 Å². The van der Waals surface area contributed by atoms with Crippen LogP contribution in [-0.2, 0) is 0 Å². The molecule has 0 saturated carbocycles. The topological polar surface area (TPSA) is 63.0 Å². The first kappa shape index (κ1) is 14.1. The maximum atomic E-state index is 5.56. The summed E-state index contributed by atoms with van der Waals surface area (Å²) < 4.78 is 5.56. The third-order valence-corrected chi connectivity index (χ3v) is 3.76. The highest BCUT2D eigenvalue weighted by Gasteiger charge is 2.20. The van der Waals surface area contributed by atoms with E-state index in [1.807, 2.05) is 6.07 Å². The zero-order valence-corrected chi connectivity index (χ0v) is 12.5. The van der Waals surface area contributed by atoms with E-state index in [4.69, 9.17) is 4.52 Å². The van der Waals surface area contributed by atoms with Crippen LogP contribution in [0.25, 0.3) is 11.3 Å². The Morgan fingerprint density at radius 3 is 2.95 bits per heavy atom. The highest BCUT2D eigenvalue weighted by atomic mass is 16.5. The summed E-state index contributed by atoms with van der Waals surface area (Å²) in [7, 11) is 0. The first-order chi connectivity index (χ1) is 10.2. The summed E-state index contributed by atoms with van der Waals surface area (Å²) in [5.74, 6) is 1.27. The average molecular weight is 285 g/mol. The first-order valence-electron chi connectivity index (χ1n) is 7.54. The summed E-state index contributed by atoms with van der Waals surface area (Å²) in [5, 5.41) is 11.0. The third kappa shape index (κ3) is 3.24. The second-order valence-corrected chi connectivity index (χ2v) is 5.80. The largest absolute Gasteiger partial charge is 0.382 e. The van der Waals surface area contributed by atoms with E-state index in [1.165, 1.54) is 0 Å². The minimum Gasteiger partial charge on any atom is -0.382 e. The lowest BCUT2D eigenvalue weighted by atomic mass is 9.94. The molecule has 5 nitrogen and oxygen atoms in total. The molecule has 0 aromatic carbocycles. The van der Waals surface area contributed by atoms with Crippen LogP contribution in [0.3, 0.4) is 0 Å². The second-order valence-electron chi connectivity index (χ2n) is 5.80. The first-order valence-corrected chi connectivity index (χ1v) is 7.54. The Balaban J connectivity index is 1.85. The zero-order chi connectivity index (χ0) is 14.7. The molecule has 0 amide bonds. The number of piperidine rings is 1. The molecule has 3 heterocycles. The average Bonchev–Trinajstić information content (AvgIpc) is 2.98. The highest BCUT2D eigenvalue weighted by molar-refractivity contribution is 5.73. The lowest BCUT2D eigenvalue weighted by molar-refractivity contribution is 0.392. The van der Waals surface area contributed by atoms with Gasteiger partial charge in [0.15, 0.2) is 5.76 Å². The predicted octanol–water partition coefficient (Wildman–Crippen LogP) is 2.82. The fourth-order valence-corrected chi connectivity index (χ4v) is 2.70. The number of nitrogens with zero attached hydrogens (tertiary/aromatic N) is 2. The molecular weight excluding hydrogens is 264 g/mol. The van der Waals surface area contributed by atoms with E-state index in [0.29, 0.717) is 12.0 Å². The molecule has 5 heteroatoms. The van der Waals surface area contributed by atoms with Crippen molar-refractivity contribution >= 4 is 5.69 Å². The second kappa shape index (κ2) is 6.26. The third-order valence-electron chi connectivity index (χ3n) is 3.76. The van der Waals surface area contributed by atoms with Crippen LogP contribution in [0.1, 0.15) is 38.3 Å². The van der Waals surface area contributed by atoms with Crippen LogP contribution in [0.4, 0.5) is 5.69 Å². The quantitative estimate of drug-likeness (QED) is 0.904. The zero-order valence-electron chi connectivity index (χ0n) is 12.5. The summed E-state index contributed by atoms with van der Waals surface area (Å²) in [6.07, 6.45) is 6.87. The van der Waals surface area contributed by atoms with Gasteiger partial charge in [0.05, 0.1) is 17.5 Å². The number of hydrogen-bond acceptors (Lipinski definition) is 5. The van der Waals surface area contributed by atoms with Gasteiger partial charge in [-0.2, -0.15) is 0 Å². The lowest BCUT2D eigenvalue weighted by Gasteiger charge is -2.19. The van der Waals surface area contributed by atoms with Crippen LogP contribution in [0, 0.1) is 6.20 Å². The Morgan fingerprint density at radius 2 is 2.19 bits per heavy atom. The molecule has 0 unspecified atom stereocenters. The van der Waals surface area contributed by atoms with Gasteiger partial charge in [0.25, 0.3) is 0 Å². The van der Waals surface area contributed by atoms with E-state index >= 15 is 0 Å². The number of nitrogens with one attached hydrogen (secondary N) is 2. The fraction of sp³-hybridized carbons (Fsp3) is 0.500. The van der Waals surface area contributed by atoms with Gasteiger partial charge < -0.3 is 15.2 Å². The van der Waals surface area contributed by atoms with Crippen molar-refractivity contribution in [2.24, 2.45) is 0 Å². The number of hydrogen-bond donors (Lipinski definition) is 2. The summed E-state index contributed by atoms with van der Waals surface area (Å²) in [6.45, 7) is 6.31. The van der Waals surface area contributed by atoms with Crippen molar-refractivity contribution in [2.45, 2.75) is 38.6 Å². The summed E-state index contributed by atoms with van der Waals surface area (Å²) >= 11 is 0. The van der Waals surface area contributed by atoms with Crippen molar-refractivity contribution in [1.29, 1.82) is 0 Å². The van der Waals surface area contributed by atoms with Crippen LogP contribution in [0.15, 0.2) is 22.9 Å². The van der Waals surface area contributed by atoms with Gasteiger partial charge in [0.2, 0.25) is 0 Å². The van der Waals surface area contributed by atoms with Crippen molar-refractivity contribution in [3.63, 3.8) is 0 Å². The molecule has 2 aromatic heterocycles. The van der Waals surface area contributed by atoms with Crippen molar-refractivity contribution in [1.82, 2.24) is 15.5 Å². The van der Waals surface area contributed by atoms with Crippen molar-refractivity contribution in [3.8, 4) is 11.3 Å². The molecule has 1 aliphatic rings. The van der Waals surface area contributed by atoms with Gasteiger partial charge in [0.1, 0.15) is 0 Å². The van der Waals surface area contributed by atoms with Gasteiger partial charge in [0, 0.05) is 29.9 Å². The smallest absolute Gasteiger partial charge is 0.170 e. The van der Waals surface area contributed by atoms with E-state index in [2.05, 4.69) is 46.9 Å². The Bertz CT molecular complexity index is 587. The lowest BCUT2D eigenvalue weighted by Crippen LogP contribution is -2.26. The minimum absolute atomic E-state index is 0.339. The van der Waals surface area contributed by atoms with Crippen LogP contribution in [0.5, 0.6) is 0 Å². The molecule has 1 aliphatic heterocycles. The van der Waals surface area contributed by atoms with Crippen molar-refractivity contribution in [3.05, 3.63) is 30.2 Å². The molecule has 3 rings (SSSR count). The molecule has 0 bridgehead atoms. The maximum absolute atomic E-state index is 5.56. The fourth-order valence-electron chi connectivity index (χ4n) is 2.70. The minimum atomic E-state index is 0.339. The Morgan fingerprint density at radius 1 is 1.38 bits per heavy atom. The maximum Gasteiger partial charge on any atom is 0.170 e. The van der Waals surface area contributed by atoms with Gasteiger partial charge in [-0.15, -0.1) is 0 Å². The summed E-state index contributed by atoms with van der Waals surface area (Å²) in [4.78, 5) is 4.09. The number of pyridine rings is 1. The van der Waals surface area contributed by atoms with Crippen molar-refractivity contribution in [2.75, 3.05) is 18.4 Å². The van der Waals surface area contributed by atoms with E-state index in [1.54, 1.807) is 6.20 Å². The van der Waals surface area contributed by atoms with Crippen LogP contribution < -0.4 is 10.6 Å². The Labute approximate surface area is 125 Å². The molecule has 2 N–H and O–H groups in total. The molecule has 1 saturated heterocycles. The molecule has 21 heavy (non-hydrogen) atoms. The monoisotopic (exact) mass is 285 g/mol. The van der Waals surface area contributed by atoms with Crippen LogP contribution >= 0.6 is 0 Å².